The van der Waals surface area contributed by atoms with Gasteiger partial charge in [-0.25, -0.2) is 4.98 Å². The monoisotopic (exact) mass is 591 g/mol. The van der Waals surface area contributed by atoms with Crippen molar-refractivity contribution >= 4 is 50.1 Å². The van der Waals surface area contributed by atoms with E-state index in [9.17, 15) is 9.59 Å². The third-order valence-electron chi connectivity index (χ3n) is 6.57. The Bertz CT molecular complexity index is 1620. The molecule has 12 heteroatoms. The standard InChI is InChI=1S/C26H22BrN7O3S/c1-15(35)33-12-17(30-26(36)22-7-8-23(27)38-22)11-18(13-33)34-21-6-5-16(24-29-14-37-32-24)10-20(21)31-25(34)19-4-2-3-9-28-19/h2-10,14,17-18H,11-13H2,1H3,(H,30,36). The van der Waals surface area contributed by atoms with E-state index < -0.39 is 0 Å². The fraction of sp³-hybridized carbons (Fsp3) is 0.231. The van der Waals surface area contributed by atoms with Gasteiger partial charge in [-0.3, -0.25) is 14.6 Å². The van der Waals surface area contributed by atoms with Gasteiger partial charge in [0.2, 0.25) is 18.1 Å². The number of thiophene rings is 1. The molecule has 2 unspecified atom stereocenters. The van der Waals surface area contributed by atoms with Gasteiger partial charge in [0, 0.05) is 37.8 Å². The largest absolute Gasteiger partial charge is 0.347 e. The van der Waals surface area contributed by atoms with Crippen molar-refractivity contribution in [3.05, 3.63) is 69.8 Å². The van der Waals surface area contributed by atoms with E-state index in [-0.39, 0.29) is 23.9 Å². The molecule has 1 saturated heterocycles. The lowest BCUT2D eigenvalue weighted by Crippen LogP contribution is -2.52. The summed E-state index contributed by atoms with van der Waals surface area (Å²) in [5.41, 5.74) is 3.14. The van der Waals surface area contributed by atoms with Gasteiger partial charge in [0.15, 0.2) is 5.82 Å². The van der Waals surface area contributed by atoms with Crippen LogP contribution < -0.4 is 5.32 Å². The van der Waals surface area contributed by atoms with Gasteiger partial charge in [-0.2, -0.15) is 4.98 Å². The highest BCUT2D eigenvalue weighted by Gasteiger charge is 2.33. The lowest BCUT2D eigenvalue weighted by molar-refractivity contribution is -0.130. The van der Waals surface area contributed by atoms with Crippen molar-refractivity contribution in [2.75, 3.05) is 13.1 Å². The Balaban J connectivity index is 1.41. The Hall–Kier alpha value is -3.90. The molecule has 2 amide bonds. The lowest BCUT2D eigenvalue weighted by Gasteiger charge is -2.38. The number of carbonyl (C=O) groups excluding carboxylic acids is 2. The van der Waals surface area contributed by atoms with Crippen LogP contribution in [0.15, 0.2) is 69.4 Å². The molecule has 1 fully saturated rings. The zero-order valence-corrected chi connectivity index (χ0v) is 22.6. The Morgan fingerprint density at radius 2 is 2.03 bits per heavy atom. The van der Waals surface area contributed by atoms with Gasteiger partial charge in [0.1, 0.15) is 5.69 Å². The highest BCUT2D eigenvalue weighted by molar-refractivity contribution is 9.11. The molecule has 1 N–H and O–H groups in total. The van der Waals surface area contributed by atoms with Crippen molar-refractivity contribution in [3.8, 4) is 22.9 Å². The molecule has 0 radical (unpaired) electrons. The smallest absolute Gasteiger partial charge is 0.261 e. The molecule has 0 saturated carbocycles. The molecule has 5 aromatic rings. The van der Waals surface area contributed by atoms with E-state index in [4.69, 9.17) is 9.51 Å². The number of imidazole rings is 1. The van der Waals surface area contributed by atoms with E-state index in [1.165, 1.54) is 17.7 Å². The topological polar surface area (TPSA) is 119 Å². The van der Waals surface area contributed by atoms with Crippen molar-refractivity contribution in [1.29, 1.82) is 0 Å². The summed E-state index contributed by atoms with van der Waals surface area (Å²) in [7, 11) is 0. The molecule has 4 aromatic heterocycles. The van der Waals surface area contributed by atoms with Crippen LogP contribution in [0, 0.1) is 0 Å². The number of pyridine rings is 1. The molecular formula is C26H22BrN7O3S. The third-order valence-corrected chi connectivity index (χ3v) is 8.20. The van der Waals surface area contributed by atoms with Crippen molar-refractivity contribution < 1.29 is 14.1 Å². The molecule has 1 aliphatic heterocycles. The van der Waals surface area contributed by atoms with Crippen LogP contribution in [0.25, 0.3) is 33.9 Å². The van der Waals surface area contributed by atoms with E-state index in [2.05, 4.69) is 40.9 Å². The number of likely N-dealkylation sites (tertiary alicyclic amines) is 1. The number of hydrogen-bond acceptors (Lipinski definition) is 8. The number of hydrogen-bond donors (Lipinski definition) is 1. The van der Waals surface area contributed by atoms with Crippen LogP contribution in [-0.2, 0) is 4.79 Å². The van der Waals surface area contributed by atoms with E-state index in [0.717, 1.165) is 20.4 Å². The quantitative estimate of drug-likeness (QED) is 0.318. The molecule has 2 atom stereocenters. The van der Waals surface area contributed by atoms with E-state index in [0.29, 0.717) is 41.7 Å². The molecule has 1 aliphatic rings. The molecule has 1 aromatic carbocycles. The predicted octanol–water partition coefficient (Wildman–Crippen LogP) is 4.56. The number of rotatable bonds is 5. The second-order valence-electron chi connectivity index (χ2n) is 9.07. The predicted molar refractivity (Wildman–Crippen MR) is 145 cm³/mol. The minimum atomic E-state index is -0.237. The van der Waals surface area contributed by atoms with Crippen LogP contribution in [0.3, 0.4) is 0 Å². The molecule has 5 heterocycles. The zero-order chi connectivity index (χ0) is 26.2. The maximum atomic E-state index is 13.0. The molecule has 192 valence electrons. The maximum Gasteiger partial charge on any atom is 0.261 e. The number of piperidine rings is 1. The van der Waals surface area contributed by atoms with Gasteiger partial charge in [0.05, 0.1) is 25.7 Å². The minimum absolute atomic E-state index is 0.0454. The van der Waals surface area contributed by atoms with Crippen LogP contribution >= 0.6 is 27.3 Å². The first-order valence-corrected chi connectivity index (χ1v) is 13.6. The van der Waals surface area contributed by atoms with Crippen LogP contribution in [-0.4, -0.2) is 60.5 Å². The number of amides is 2. The zero-order valence-electron chi connectivity index (χ0n) is 20.2. The lowest BCUT2D eigenvalue weighted by atomic mass is 9.99. The molecular weight excluding hydrogens is 570 g/mol. The summed E-state index contributed by atoms with van der Waals surface area (Å²) in [6.45, 7) is 2.49. The highest BCUT2D eigenvalue weighted by atomic mass is 79.9. The first-order valence-electron chi connectivity index (χ1n) is 12.0. The summed E-state index contributed by atoms with van der Waals surface area (Å²) in [4.78, 5) is 41.6. The third kappa shape index (κ3) is 4.72. The van der Waals surface area contributed by atoms with E-state index in [1.807, 2.05) is 42.5 Å². The number of fused-ring (bicyclic) bond motifs is 1. The Labute approximate surface area is 229 Å². The highest BCUT2D eigenvalue weighted by Crippen LogP contribution is 2.34. The Morgan fingerprint density at radius 3 is 2.74 bits per heavy atom. The molecule has 0 spiro atoms. The Kier molecular flexibility index (Phi) is 6.50. The number of benzene rings is 1. The van der Waals surface area contributed by atoms with Crippen LogP contribution in [0.5, 0.6) is 0 Å². The van der Waals surface area contributed by atoms with Crippen LogP contribution in [0.1, 0.15) is 29.1 Å². The van der Waals surface area contributed by atoms with Crippen molar-refractivity contribution in [2.45, 2.75) is 25.4 Å². The molecule has 10 nitrogen and oxygen atoms in total. The molecule has 0 aliphatic carbocycles. The summed E-state index contributed by atoms with van der Waals surface area (Å²) >= 11 is 4.79. The number of aromatic nitrogens is 5. The van der Waals surface area contributed by atoms with Crippen molar-refractivity contribution in [2.24, 2.45) is 0 Å². The minimum Gasteiger partial charge on any atom is -0.347 e. The average molecular weight is 592 g/mol. The number of nitrogens with one attached hydrogen (secondary N) is 1. The van der Waals surface area contributed by atoms with Gasteiger partial charge >= 0.3 is 0 Å². The van der Waals surface area contributed by atoms with E-state index >= 15 is 0 Å². The van der Waals surface area contributed by atoms with Crippen molar-refractivity contribution in [1.82, 2.24) is 34.9 Å². The first kappa shape index (κ1) is 24.4. The summed E-state index contributed by atoms with van der Waals surface area (Å²) in [5.74, 6) is 0.967. The van der Waals surface area contributed by atoms with Gasteiger partial charge < -0.3 is 19.3 Å². The summed E-state index contributed by atoms with van der Waals surface area (Å²) in [6, 6.07) is 14.8. The summed E-state index contributed by atoms with van der Waals surface area (Å²) in [5, 5.41) is 7.09. The van der Waals surface area contributed by atoms with Crippen LogP contribution in [0.2, 0.25) is 0 Å². The van der Waals surface area contributed by atoms with Gasteiger partial charge in [0.25, 0.3) is 5.91 Å². The normalized spacial score (nSPS) is 17.6. The number of halogens is 1. The SMILES string of the molecule is CC(=O)N1CC(NC(=O)c2ccc(Br)s2)CC(n2c(-c3ccccn3)nc3cc(-c4ncon4)ccc32)C1. The van der Waals surface area contributed by atoms with Gasteiger partial charge in [-0.1, -0.05) is 11.2 Å². The average Bonchev–Trinajstić information content (AvgIpc) is 3.68. The molecule has 0 bridgehead atoms. The van der Waals surface area contributed by atoms with Gasteiger partial charge in [-0.05, 0) is 64.8 Å². The molecule has 38 heavy (non-hydrogen) atoms. The number of nitrogens with zero attached hydrogens (tertiary/aromatic N) is 6. The maximum absolute atomic E-state index is 13.0. The van der Waals surface area contributed by atoms with Crippen LogP contribution in [0.4, 0.5) is 0 Å². The first-order chi connectivity index (χ1) is 18.5. The second-order valence-corrected chi connectivity index (χ2v) is 11.5. The van der Waals surface area contributed by atoms with Crippen molar-refractivity contribution in [3.63, 3.8) is 0 Å². The fourth-order valence-electron chi connectivity index (χ4n) is 4.90. The number of carbonyl (C=O) groups is 2. The fourth-order valence-corrected chi connectivity index (χ4v) is 6.18. The Morgan fingerprint density at radius 1 is 1.13 bits per heavy atom. The van der Waals surface area contributed by atoms with Gasteiger partial charge in [-0.15, -0.1) is 11.3 Å². The molecule has 6 rings (SSSR count). The summed E-state index contributed by atoms with van der Waals surface area (Å²) in [6.07, 6.45) is 3.65. The van der Waals surface area contributed by atoms with E-state index in [1.54, 1.807) is 24.1 Å². The summed E-state index contributed by atoms with van der Waals surface area (Å²) < 4.78 is 7.94. The second kappa shape index (κ2) is 10.1.